The molecule has 0 saturated heterocycles. The molecule has 9 heteroatoms. The van der Waals surface area contributed by atoms with Crippen molar-refractivity contribution in [2.24, 2.45) is 0 Å². The minimum absolute atomic E-state index is 0.0345. The van der Waals surface area contributed by atoms with E-state index in [0.29, 0.717) is 17.1 Å². The fraction of sp³-hybridized carbons (Fsp3) is 0.118. The van der Waals surface area contributed by atoms with Gasteiger partial charge < -0.3 is 14.6 Å². The molecule has 2 aromatic carbocycles. The van der Waals surface area contributed by atoms with Gasteiger partial charge in [-0.3, -0.25) is 14.9 Å². The Morgan fingerprint density at radius 3 is 2.73 bits per heavy atom. The van der Waals surface area contributed by atoms with Crippen molar-refractivity contribution in [1.82, 2.24) is 15.5 Å². The summed E-state index contributed by atoms with van der Waals surface area (Å²) in [5, 5.41) is 17.1. The van der Waals surface area contributed by atoms with Crippen LogP contribution in [0.3, 0.4) is 0 Å². The van der Waals surface area contributed by atoms with E-state index < -0.39 is 10.8 Å². The summed E-state index contributed by atoms with van der Waals surface area (Å²) in [6.07, 6.45) is 0. The van der Waals surface area contributed by atoms with Crippen LogP contribution in [0, 0.1) is 10.1 Å². The van der Waals surface area contributed by atoms with Gasteiger partial charge >= 0.3 is 0 Å². The third-order valence-corrected chi connectivity index (χ3v) is 3.54. The van der Waals surface area contributed by atoms with E-state index in [4.69, 9.17) is 9.26 Å². The average Bonchev–Trinajstić information content (AvgIpc) is 3.15. The number of rotatable bonds is 6. The first-order valence-corrected chi connectivity index (χ1v) is 7.56. The zero-order chi connectivity index (χ0) is 18.5. The molecule has 9 nitrogen and oxygen atoms in total. The summed E-state index contributed by atoms with van der Waals surface area (Å²) in [6.45, 7) is 0.0345. The number of methoxy groups -OCH3 is 1. The average molecular weight is 354 g/mol. The van der Waals surface area contributed by atoms with E-state index in [1.165, 1.54) is 24.3 Å². The van der Waals surface area contributed by atoms with Gasteiger partial charge in [-0.2, -0.15) is 4.98 Å². The van der Waals surface area contributed by atoms with Crippen molar-refractivity contribution in [2.75, 3.05) is 7.11 Å². The van der Waals surface area contributed by atoms with Crippen LogP contribution in [0.1, 0.15) is 16.2 Å². The Hall–Kier alpha value is -3.75. The highest BCUT2D eigenvalue weighted by molar-refractivity contribution is 5.94. The number of hydrogen-bond donors (Lipinski definition) is 1. The molecule has 132 valence electrons. The molecule has 0 aliphatic carbocycles. The zero-order valence-corrected chi connectivity index (χ0v) is 13.7. The molecule has 1 aromatic heterocycles. The quantitative estimate of drug-likeness (QED) is 0.533. The highest BCUT2D eigenvalue weighted by Gasteiger charge is 2.13. The molecule has 0 saturated carbocycles. The summed E-state index contributed by atoms with van der Waals surface area (Å²) in [6, 6.07) is 12.5. The highest BCUT2D eigenvalue weighted by Crippen LogP contribution is 2.21. The van der Waals surface area contributed by atoms with Gasteiger partial charge in [-0.05, 0) is 24.3 Å². The molecule has 3 aromatic rings. The van der Waals surface area contributed by atoms with Crippen LogP contribution in [0.5, 0.6) is 5.75 Å². The molecule has 1 N–H and O–H groups in total. The van der Waals surface area contributed by atoms with Crippen molar-refractivity contribution in [3.8, 4) is 17.1 Å². The van der Waals surface area contributed by atoms with Crippen molar-refractivity contribution in [1.29, 1.82) is 0 Å². The van der Waals surface area contributed by atoms with Gasteiger partial charge in [0.15, 0.2) is 0 Å². The van der Waals surface area contributed by atoms with Crippen molar-refractivity contribution >= 4 is 11.6 Å². The molecule has 1 amide bonds. The number of non-ortho nitro benzene ring substituents is 1. The van der Waals surface area contributed by atoms with Gasteiger partial charge in [0.1, 0.15) is 5.75 Å². The highest BCUT2D eigenvalue weighted by atomic mass is 16.6. The molecule has 0 atom stereocenters. The van der Waals surface area contributed by atoms with E-state index in [1.54, 1.807) is 25.3 Å². The maximum Gasteiger partial charge on any atom is 0.269 e. The largest absolute Gasteiger partial charge is 0.497 e. The van der Waals surface area contributed by atoms with E-state index >= 15 is 0 Å². The number of nitrogens with zero attached hydrogens (tertiary/aromatic N) is 3. The molecule has 26 heavy (non-hydrogen) atoms. The fourth-order valence-corrected chi connectivity index (χ4v) is 2.20. The minimum Gasteiger partial charge on any atom is -0.497 e. The van der Waals surface area contributed by atoms with Gasteiger partial charge in [0, 0.05) is 23.3 Å². The fourth-order valence-electron chi connectivity index (χ4n) is 2.20. The summed E-state index contributed by atoms with van der Waals surface area (Å²) in [5.74, 6) is 0.878. The number of hydrogen-bond acceptors (Lipinski definition) is 7. The van der Waals surface area contributed by atoms with Crippen molar-refractivity contribution in [3.05, 3.63) is 70.1 Å². The maximum atomic E-state index is 12.1. The summed E-state index contributed by atoms with van der Waals surface area (Å²) in [7, 11) is 1.56. The first-order chi connectivity index (χ1) is 12.6. The van der Waals surface area contributed by atoms with Crippen LogP contribution < -0.4 is 10.1 Å². The lowest BCUT2D eigenvalue weighted by atomic mass is 10.2. The molecule has 3 rings (SSSR count). The third kappa shape index (κ3) is 3.83. The molecule has 0 fully saturated rings. The molecule has 0 unspecified atom stereocenters. The van der Waals surface area contributed by atoms with E-state index in [9.17, 15) is 14.9 Å². The van der Waals surface area contributed by atoms with Crippen LogP contribution in [-0.4, -0.2) is 28.1 Å². The number of ether oxygens (including phenoxy) is 1. The van der Waals surface area contributed by atoms with Gasteiger partial charge in [-0.1, -0.05) is 17.3 Å². The molecule has 0 radical (unpaired) electrons. The number of nitrogens with one attached hydrogen (secondary N) is 1. The summed E-state index contributed by atoms with van der Waals surface area (Å²) < 4.78 is 10.3. The molecular formula is C17H14N4O5. The molecular weight excluding hydrogens is 340 g/mol. The number of amides is 1. The summed E-state index contributed by atoms with van der Waals surface area (Å²) in [4.78, 5) is 26.4. The minimum atomic E-state index is -0.528. The van der Waals surface area contributed by atoms with Crippen LogP contribution in [0.2, 0.25) is 0 Å². The lowest BCUT2D eigenvalue weighted by molar-refractivity contribution is -0.384. The lowest BCUT2D eigenvalue weighted by Gasteiger charge is -2.02. The van der Waals surface area contributed by atoms with Gasteiger partial charge in [-0.25, -0.2) is 0 Å². The topological polar surface area (TPSA) is 120 Å². The predicted molar refractivity (Wildman–Crippen MR) is 90.6 cm³/mol. The van der Waals surface area contributed by atoms with E-state index in [0.717, 1.165) is 5.56 Å². The second-order valence-electron chi connectivity index (χ2n) is 5.23. The van der Waals surface area contributed by atoms with Crippen LogP contribution in [0.4, 0.5) is 5.69 Å². The van der Waals surface area contributed by atoms with Gasteiger partial charge in [0.2, 0.25) is 11.7 Å². The third-order valence-electron chi connectivity index (χ3n) is 3.54. The zero-order valence-electron chi connectivity index (χ0n) is 13.7. The Morgan fingerprint density at radius 1 is 1.27 bits per heavy atom. The molecule has 0 spiro atoms. The van der Waals surface area contributed by atoms with E-state index in [-0.39, 0.29) is 18.1 Å². The Kier molecular flexibility index (Phi) is 4.88. The normalized spacial score (nSPS) is 10.3. The number of aromatic nitrogens is 2. The standard InChI is InChI=1S/C17H14N4O5/c1-25-14-4-2-3-12(9-14)16-19-15(26-20-16)10-18-17(22)11-5-7-13(8-6-11)21(23)24/h2-9H,10H2,1H3,(H,18,22). The van der Waals surface area contributed by atoms with Crippen molar-refractivity contribution in [3.63, 3.8) is 0 Å². The van der Waals surface area contributed by atoms with Crippen molar-refractivity contribution in [2.45, 2.75) is 6.54 Å². The summed E-state index contributed by atoms with van der Waals surface area (Å²) in [5.41, 5.74) is 0.936. The number of nitro benzene ring substituents is 1. The van der Waals surface area contributed by atoms with E-state index in [1.807, 2.05) is 6.07 Å². The first kappa shape index (κ1) is 17.1. The van der Waals surface area contributed by atoms with Crippen LogP contribution in [0.15, 0.2) is 53.1 Å². The number of benzene rings is 2. The van der Waals surface area contributed by atoms with Gasteiger partial charge in [0.25, 0.3) is 11.6 Å². The maximum absolute atomic E-state index is 12.1. The Balaban J connectivity index is 1.64. The summed E-state index contributed by atoms with van der Waals surface area (Å²) >= 11 is 0. The Morgan fingerprint density at radius 2 is 2.04 bits per heavy atom. The monoisotopic (exact) mass is 354 g/mol. The van der Waals surface area contributed by atoms with Crippen LogP contribution in [-0.2, 0) is 6.54 Å². The first-order valence-electron chi connectivity index (χ1n) is 7.56. The van der Waals surface area contributed by atoms with E-state index in [2.05, 4.69) is 15.5 Å². The molecule has 0 aliphatic rings. The Labute approximate surface area is 147 Å². The molecule has 0 aliphatic heterocycles. The van der Waals surface area contributed by atoms with Gasteiger partial charge in [-0.15, -0.1) is 0 Å². The lowest BCUT2D eigenvalue weighted by Crippen LogP contribution is -2.22. The van der Waals surface area contributed by atoms with Crippen LogP contribution >= 0.6 is 0 Å². The number of nitro groups is 1. The Bertz CT molecular complexity index is 936. The number of carbonyl (C=O) groups excluding carboxylic acids is 1. The number of carbonyl (C=O) groups is 1. The second kappa shape index (κ2) is 7.43. The van der Waals surface area contributed by atoms with Crippen molar-refractivity contribution < 1.29 is 19.0 Å². The van der Waals surface area contributed by atoms with Gasteiger partial charge in [0.05, 0.1) is 18.6 Å². The molecule has 0 bridgehead atoms. The predicted octanol–water partition coefficient (Wildman–Crippen LogP) is 2.58. The SMILES string of the molecule is COc1cccc(-c2noc(CNC(=O)c3ccc([N+](=O)[O-])cc3)n2)c1. The smallest absolute Gasteiger partial charge is 0.269 e. The second-order valence-corrected chi connectivity index (χ2v) is 5.23. The molecule has 1 heterocycles. The van der Waals surface area contributed by atoms with Crippen LogP contribution in [0.25, 0.3) is 11.4 Å².